The van der Waals surface area contributed by atoms with Crippen LogP contribution in [0.2, 0.25) is 0 Å². The minimum atomic E-state index is 0.0358. The first kappa shape index (κ1) is 12.9. The van der Waals surface area contributed by atoms with Crippen LogP contribution in [0.15, 0.2) is 30.3 Å². The summed E-state index contributed by atoms with van der Waals surface area (Å²) in [6.45, 7) is 4.55. The number of Topliss-reactive ketones (excluding diaryl/α,β-unsaturated/α-hetero) is 1. The first-order chi connectivity index (χ1) is 7.74. The SMILES string of the molecule is CCNC(CCCc1ccccc1)C(C)=O. The van der Waals surface area contributed by atoms with Crippen molar-refractivity contribution in [2.75, 3.05) is 6.54 Å². The molecule has 88 valence electrons. The summed E-state index contributed by atoms with van der Waals surface area (Å²) in [5.41, 5.74) is 1.35. The minimum Gasteiger partial charge on any atom is -0.308 e. The summed E-state index contributed by atoms with van der Waals surface area (Å²) in [6.07, 6.45) is 3.04. The number of rotatable bonds is 7. The third kappa shape index (κ3) is 4.58. The Hall–Kier alpha value is -1.15. The second-order valence-electron chi connectivity index (χ2n) is 4.10. The van der Waals surface area contributed by atoms with Gasteiger partial charge in [-0.15, -0.1) is 0 Å². The molecule has 0 aliphatic rings. The normalized spacial score (nSPS) is 12.4. The largest absolute Gasteiger partial charge is 0.308 e. The number of nitrogens with one attached hydrogen (secondary N) is 1. The molecule has 0 radical (unpaired) electrons. The maximum absolute atomic E-state index is 11.3. The number of carbonyl (C=O) groups excluding carboxylic acids is 1. The van der Waals surface area contributed by atoms with E-state index < -0.39 is 0 Å². The lowest BCUT2D eigenvalue weighted by atomic mass is 10.0. The van der Waals surface area contributed by atoms with E-state index in [1.807, 2.05) is 13.0 Å². The van der Waals surface area contributed by atoms with Crippen molar-refractivity contribution < 1.29 is 4.79 Å². The van der Waals surface area contributed by atoms with E-state index >= 15 is 0 Å². The lowest BCUT2D eigenvalue weighted by Crippen LogP contribution is -2.35. The van der Waals surface area contributed by atoms with Gasteiger partial charge in [0.15, 0.2) is 0 Å². The molecule has 0 spiro atoms. The maximum Gasteiger partial charge on any atom is 0.146 e. The van der Waals surface area contributed by atoms with Gasteiger partial charge in [0.1, 0.15) is 5.78 Å². The molecule has 1 atom stereocenters. The van der Waals surface area contributed by atoms with Crippen molar-refractivity contribution in [2.45, 2.75) is 39.2 Å². The molecule has 2 heteroatoms. The Balaban J connectivity index is 2.31. The highest BCUT2D eigenvalue weighted by Crippen LogP contribution is 2.07. The molecule has 0 aromatic heterocycles. The molecule has 0 fully saturated rings. The van der Waals surface area contributed by atoms with Gasteiger partial charge in [0.25, 0.3) is 0 Å². The molecule has 0 amide bonds. The van der Waals surface area contributed by atoms with Crippen LogP contribution in [0.4, 0.5) is 0 Å². The van der Waals surface area contributed by atoms with Crippen molar-refractivity contribution in [3.8, 4) is 0 Å². The van der Waals surface area contributed by atoms with Crippen LogP contribution in [0, 0.1) is 0 Å². The van der Waals surface area contributed by atoms with E-state index in [-0.39, 0.29) is 11.8 Å². The smallest absolute Gasteiger partial charge is 0.146 e. The molecule has 0 aliphatic carbocycles. The van der Waals surface area contributed by atoms with Crippen molar-refractivity contribution in [1.29, 1.82) is 0 Å². The second kappa shape index (κ2) is 7.18. The molecule has 0 saturated carbocycles. The average molecular weight is 219 g/mol. The first-order valence-electron chi connectivity index (χ1n) is 6.01. The number of ketones is 1. The molecule has 2 nitrogen and oxygen atoms in total. The summed E-state index contributed by atoms with van der Waals surface area (Å²) in [5.74, 6) is 0.245. The van der Waals surface area contributed by atoms with Crippen LogP contribution < -0.4 is 5.32 Å². The third-order valence-corrected chi connectivity index (χ3v) is 2.74. The number of likely N-dealkylation sites (N-methyl/N-ethyl adjacent to an activating group) is 1. The van der Waals surface area contributed by atoms with Gasteiger partial charge < -0.3 is 5.32 Å². The Morgan fingerprint density at radius 1 is 1.31 bits per heavy atom. The molecule has 1 aromatic rings. The van der Waals surface area contributed by atoms with Crippen molar-refractivity contribution in [2.24, 2.45) is 0 Å². The van der Waals surface area contributed by atoms with Crippen LogP contribution in [0.5, 0.6) is 0 Å². The van der Waals surface area contributed by atoms with Crippen LogP contribution >= 0.6 is 0 Å². The molecule has 1 rings (SSSR count). The maximum atomic E-state index is 11.3. The molecular formula is C14H21NO. The lowest BCUT2D eigenvalue weighted by molar-refractivity contribution is -0.119. The summed E-state index contributed by atoms with van der Waals surface area (Å²) < 4.78 is 0. The van der Waals surface area contributed by atoms with Gasteiger partial charge in [-0.1, -0.05) is 37.3 Å². The Morgan fingerprint density at radius 3 is 2.56 bits per heavy atom. The predicted molar refractivity (Wildman–Crippen MR) is 67.5 cm³/mol. The van der Waals surface area contributed by atoms with Gasteiger partial charge in [-0.3, -0.25) is 4.79 Å². The number of benzene rings is 1. The summed E-state index contributed by atoms with van der Waals surface area (Å²) in [5, 5.41) is 3.22. The number of carbonyl (C=O) groups is 1. The summed E-state index contributed by atoms with van der Waals surface area (Å²) >= 11 is 0. The fraction of sp³-hybridized carbons (Fsp3) is 0.500. The zero-order valence-corrected chi connectivity index (χ0v) is 10.2. The number of hydrogen-bond donors (Lipinski definition) is 1. The zero-order valence-electron chi connectivity index (χ0n) is 10.2. The number of aryl methyl sites for hydroxylation is 1. The van der Waals surface area contributed by atoms with E-state index in [0.717, 1.165) is 25.8 Å². The van der Waals surface area contributed by atoms with E-state index in [1.54, 1.807) is 6.92 Å². The van der Waals surface area contributed by atoms with E-state index in [1.165, 1.54) is 5.56 Å². The Morgan fingerprint density at radius 2 is 2.00 bits per heavy atom. The second-order valence-corrected chi connectivity index (χ2v) is 4.10. The summed E-state index contributed by atoms with van der Waals surface area (Å²) in [7, 11) is 0. The lowest BCUT2D eigenvalue weighted by Gasteiger charge is -2.14. The minimum absolute atomic E-state index is 0.0358. The van der Waals surface area contributed by atoms with Crippen LogP contribution in [-0.2, 0) is 11.2 Å². The predicted octanol–water partition coefficient (Wildman–Crippen LogP) is 2.58. The highest BCUT2D eigenvalue weighted by molar-refractivity contribution is 5.81. The standard InChI is InChI=1S/C14H21NO/c1-3-15-14(12(2)16)11-7-10-13-8-5-4-6-9-13/h4-6,8-9,14-15H,3,7,10-11H2,1-2H3. The fourth-order valence-corrected chi connectivity index (χ4v) is 1.85. The third-order valence-electron chi connectivity index (χ3n) is 2.74. The molecule has 1 unspecified atom stereocenters. The molecule has 0 heterocycles. The fourth-order valence-electron chi connectivity index (χ4n) is 1.85. The van der Waals surface area contributed by atoms with Crippen molar-refractivity contribution >= 4 is 5.78 Å². The van der Waals surface area contributed by atoms with Gasteiger partial charge in [-0.2, -0.15) is 0 Å². The van der Waals surface area contributed by atoms with Crippen LogP contribution in [0.25, 0.3) is 0 Å². The molecule has 1 aromatic carbocycles. The van der Waals surface area contributed by atoms with Gasteiger partial charge in [0.2, 0.25) is 0 Å². The summed E-state index contributed by atoms with van der Waals surface area (Å²) in [4.78, 5) is 11.3. The molecule has 1 N–H and O–H groups in total. The van der Waals surface area contributed by atoms with Crippen molar-refractivity contribution in [3.05, 3.63) is 35.9 Å². The van der Waals surface area contributed by atoms with Gasteiger partial charge in [-0.25, -0.2) is 0 Å². The Labute approximate surface area is 98.1 Å². The van der Waals surface area contributed by atoms with E-state index in [4.69, 9.17) is 0 Å². The number of hydrogen-bond acceptors (Lipinski definition) is 2. The van der Waals surface area contributed by atoms with Crippen LogP contribution in [-0.4, -0.2) is 18.4 Å². The topological polar surface area (TPSA) is 29.1 Å². The van der Waals surface area contributed by atoms with Gasteiger partial charge in [0, 0.05) is 0 Å². The van der Waals surface area contributed by atoms with E-state index in [0.29, 0.717) is 0 Å². The molecular weight excluding hydrogens is 198 g/mol. The zero-order chi connectivity index (χ0) is 11.8. The molecule has 0 bridgehead atoms. The molecule has 0 saturated heterocycles. The quantitative estimate of drug-likeness (QED) is 0.763. The van der Waals surface area contributed by atoms with Crippen molar-refractivity contribution in [1.82, 2.24) is 5.32 Å². The van der Waals surface area contributed by atoms with Crippen molar-refractivity contribution in [3.63, 3.8) is 0 Å². The van der Waals surface area contributed by atoms with Gasteiger partial charge in [0.05, 0.1) is 6.04 Å². The summed E-state index contributed by atoms with van der Waals surface area (Å²) in [6, 6.07) is 10.4. The van der Waals surface area contributed by atoms with E-state index in [9.17, 15) is 4.79 Å². The Bertz CT molecular complexity index is 308. The van der Waals surface area contributed by atoms with Crippen LogP contribution in [0.1, 0.15) is 32.3 Å². The van der Waals surface area contributed by atoms with Crippen LogP contribution in [0.3, 0.4) is 0 Å². The monoisotopic (exact) mass is 219 g/mol. The van der Waals surface area contributed by atoms with E-state index in [2.05, 4.69) is 29.6 Å². The highest BCUT2D eigenvalue weighted by Gasteiger charge is 2.11. The van der Waals surface area contributed by atoms with Gasteiger partial charge >= 0.3 is 0 Å². The highest BCUT2D eigenvalue weighted by atomic mass is 16.1. The van der Waals surface area contributed by atoms with Gasteiger partial charge in [-0.05, 0) is 38.3 Å². The average Bonchev–Trinajstić information content (AvgIpc) is 2.29. The molecule has 0 aliphatic heterocycles. The molecule has 16 heavy (non-hydrogen) atoms. The Kier molecular flexibility index (Phi) is 5.79. The first-order valence-corrected chi connectivity index (χ1v) is 6.01.